The zero-order valence-corrected chi connectivity index (χ0v) is 12.8. The minimum Gasteiger partial charge on any atom is -0.396 e. The molecule has 0 aliphatic carbocycles. The number of aliphatic hydroxyl groups is 1. The highest BCUT2D eigenvalue weighted by molar-refractivity contribution is 7.10. The fourth-order valence-electron chi connectivity index (χ4n) is 2.17. The van der Waals surface area contributed by atoms with Crippen LogP contribution >= 0.6 is 11.3 Å². The van der Waals surface area contributed by atoms with E-state index in [1.807, 2.05) is 5.38 Å². The molecule has 5 heteroatoms. The molecule has 1 N–H and O–H groups in total. The van der Waals surface area contributed by atoms with Gasteiger partial charge in [0.15, 0.2) is 0 Å². The maximum Gasteiger partial charge on any atom is 0.130 e. The first-order chi connectivity index (χ1) is 10.1. The average Bonchev–Trinajstić information content (AvgIpc) is 2.84. The number of benzene rings is 1. The van der Waals surface area contributed by atoms with Crippen molar-refractivity contribution in [2.75, 3.05) is 13.2 Å². The summed E-state index contributed by atoms with van der Waals surface area (Å²) in [5, 5.41) is 11.0. The molecule has 1 aromatic heterocycles. The van der Waals surface area contributed by atoms with Gasteiger partial charge < -0.3 is 5.11 Å². The van der Waals surface area contributed by atoms with E-state index in [4.69, 9.17) is 5.11 Å². The predicted molar refractivity (Wildman–Crippen MR) is 81.2 cm³/mol. The zero-order valence-electron chi connectivity index (χ0n) is 12.0. The van der Waals surface area contributed by atoms with E-state index < -0.39 is 11.6 Å². The molecule has 0 unspecified atom stereocenters. The summed E-state index contributed by atoms with van der Waals surface area (Å²) in [6.45, 7) is 3.94. The van der Waals surface area contributed by atoms with Gasteiger partial charge in [0, 0.05) is 42.7 Å². The second-order valence-corrected chi connectivity index (χ2v) is 6.05. The highest BCUT2D eigenvalue weighted by Gasteiger charge is 2.12. The number of aryl methyl sites for hydroxylation is 1. The van der Waals surface area contributed by atoms with Crippen molar-refractivity contribution in [3.8, 4) is 0 Å². The molecule has 114 valence electrons. The lowest BCUT2D eigenvalue weighted by Crippen LogP contribution is -2.25. The zero-order chi connectivity index (χ0) is 15.2. The summed E-state index contributed by atoms with van der Waals surface area (Å²) in [6, 6.07) is 5.73. The third-order valence-corrected chi connectivity index (χ3v) is 4.38. The van der Waals surface area contributed by atoms with Crippen molar-refractivity contribution in [3.63, 3.8) is 0 Å². The highest BCUT2D eigenvalue weighted by atomic mass is 32.1. The lowest BCUT2D eigenvalue weighted by atomic mass is 10.1. The largest absolute Gasteiger partial charge is 0.396 e. The van der Waals surface area contributed by atoms with Crippen LogP contribution in [0.4, 0.5) is 8.78 Å². The molecule has 21 heavy (non-hydrogen) atoms. The topological polar surface area (TPSA) is 23.5 Å². The minimum atomic E-state index is -0.563. The van der Waals surface area contributed by atoms with E-state index in [9.17, 15) is 8.78 Å². The van der Waals surface area contributed by atoms with Crippen molar-refractivity contribution in [1.29, 1.82) is 0 Å². The molecule has 0 spiro atoms. The molecule has 0 fully saturated rings. The summed E-state index contributed by atoms with van der Waals surface area (Å²) >= 11 is 1.67. The predicted octanol–water partition coefficient (Wildman–Crippen LogP) is 3.72. The summed E-state index contributed by atoms with van der Waals surface area (Å²) in [4.78, 5) is 3.31. The fourth-order valence-corrected chi connectivity index (χ4v) is 3.12. The molecule has 0 radical (unpaired) electrons. The van der Waals surface area contributed by atoms with E-state index >= 15 is 0 Å². The standard InChI is InChI=1S/C16H19F2NOS/c1-12-5-8-21-16(12)11-19(6-2-7-20)10-13-3-4-14(17)9-15(13)18/h3-5,8-9,20H,2,6-7,10-11H2,1H3. The number of hydrogen-bond acceptors (Lipinski definition) is 3. The normalized spacial score (nSPS) is 11.3. The van der Waals surface area contributed by atoms with Gasteiger partial charge in [-0.15, -0.1) is 11.3 Å². The summed E-state index contributed by atoms with van der Waals surface area (Å²) in [5.74, 6) is -1.08. The SMILES string of the molecule is Cc1ccsc1CN(CCCO)Cc1ccc(F)cc1F. The van der Waals surface area contributed by atoms with Gasteiger partial charge in [-0.05, 0) is 36.4 Å². The Balaban J connectivity index is 2.10. The van der Waals surface area contributed by atoms with Crippen molar-refractivity contribution >= 4 is 11.3 Å². The van der Waals surface area contributed by atoms with E-state index in [1.165, 1.54) is 22.6 Å². The Kier molecular flexibility index (Phi) is 5.85. The van der Waals surface area contributed by atoms with Crippen LogP contribution in [0.3, 0.4) is 0 Å². The van der Waals surface area contributed by atoms with Crippen LogP contribution in [0.2, 0.25) is 0 Å². The van der Waals surface area contributed by atoms with Gasteiger partial charge in [-0.1, -0.05) is 6.07 Å². The van der Waals surface area contributed by atoms with Crippen LogP contribution in [0.15, 0.2) is 29.6 Å². The maximum absolute atomic E-state index is 13.8. The molecular formula is C16H19F2NOS. The van der Waals surface area contributed by atoms with Gasteiger partial charge in [-0.3, -0.25) is 4.90 Å². The van der Waals surface area contributed by atoms with E-state index in [-0.39, 0.29) is 6.61 Å². The molecule has 2 aromatic rings. The van der Waals surface area contributed by atoms with Gasteiger partial charge in [0.2, 0.25) is 0 Å². The Morgan fingerprint density at radius 3 is 2.62 bits per heavy atom. The number of aliphatic hydroxyl groups excluding tert-OH is 1. The van der Waals surface area contributed by atoms with Crippen molar-refractivity contribution in [1.82, 2.24) is 4.90 Å². The van der Waals surface area contributed by atoms with Gasteiger partial charge in [0.25, 0.3) is 0 Å². The molecule has 0 saturated heterocycles. The van der Waals surface area contributed by atoms with Crippen LogP contribution in [-0.2, 0) is 13.1 Å². The van der Waals surface area contributed by atoms with Crippen molar-refractivity contribution in [3.05, 3.63) is 57.3 Å². The van der Waals surface area contributed by atoms with Gasteiger partial charge in [0.05, 0.1) is 0 Å². The van der Waals surface area contributed by atoms with Crippen molar-refractivity contribution < 1.29 is 13.9 Å². The molecule has 0 aliphatic rings. The van der Waals surface area contributed by atoms with Gasteiger partial charge >= 0.3 is 0 Å². The maximum atomic E-state index is 13.8. The Bertz CT molecular complexity index is 585. The van der Waals surface area contributed by atoms with E-state index in [0.717, 1.165) is 6.07 Å². The Hall–Kier alpha value is -1.30. The van der Waals surface area contributed by atoms with Crippen LogP contribution in [0.5, 0.6) is 0 Å². The minimum absolute atomic E-state index is 0.103. The van der Waals surface area contributed by atoms with Crippen LogP contribution in [0.25, 0.3) is 0 Å². The molecule has 0 atom stereocenters. The van der Waals surface area contributed by atoms with Crippen molar-refractivity contribution in [2.24, 2.45) is 0 Å². The monoisotopic (exact) mass is 311 g/mol. The third-order valence-electron chi connectivity index (χ3n) is 3.38. The fraction of sp³-hybridized carbons (Fsp3) is 0.375. The molecule has 0 aliphatic heterocycles. The van der Waals surface area contributed by atoms with Crippen molar-refractivity contribution in [2.45, 2.75) is 26.4 Å². The average molecular weight is 311 g/mol. The Morgan fingerprint density at radius 2 is 2.00 bits per heavy atom. The van der Waals surface area contributed by atoms with Crippen LogP contribution in [0.1, 0.15) is 22.4 Å². The summed E-state index contributed by atoms with van der Waals surface area (Å²) in [7, 11) is 0. The molecular weight excluding hydrogens is 292 g/mol. The molecule has 2 nitrogen and oxygen atoms in total. The van der Waals surface area contributed by atoms with Crippen LogP contribution < -0.4 is 0 Å². The molecule has 0 amide bonds. The summed E-state index contributed by atoms with van der Waals surface area (Å²) < 4.78 is 26.7. The number of thiophene rings is 1. The first-order valence-corrected chi connectivity index (χ1v) is 7.78. The molecule has 0 bridgehead atoms. The lowest BCUT2D eigenvalue weighted by Gasteiger charge is -2.22. The first-order valence-electron chi connectivity index (χ1n) is 6.90. The van der Waals surface area contributed by atoms with E-state index in [2.05, 4.69) is 17.9 Å². The Morgan fingerprint density at radius 1 is 1.19 bits per heavy atom. The molecule has 1 aromatic carbocycles. The van der Waals surface area contributed by atoms with Gasteiger partial charge in [-0.2, -0.15) is 0 Å². The smallest absolute Gasteiger partial charge is 0.130 e. The molecule has 0 saturated carbocycles. The van der Waals surface area contributed by atoms with Crippen LogP contribution in [-0.4, -0.2) is 23.2 Å². The molecule has 2 rings (SSSR count). The number of halogens is 2. The lowest BCUT2D eigenvalue weighted by molar-refractivity contribution is 0.212. The summed E-state index contributed by atoms with van der Waals surface area (Å²) in [5.41, 5.74) is 1.69. The van der Waals surface area contributed by atoms with Crippen LogP contribution in [0, 0.1) is 18.6 Å². The first kappa shape index (κ1) is 16.1. The third kappa shape index (κ3) is 4.59. The quantitative estimate of drug-likeness (QED) is 0.842. The second-order valence-electron chi connectivity index (χ2n) is 5.05. The van der Waals surface area contributed by atoms with Gasteiger partial charge in [0.1, 0.15) is 11.6 Å². The number of hydrogen-bond donors (Lipinski definition) is 1. The van der Waals surface area contributed by atoms with Gasteiger partial charge in [-0.25, -0.2) is 8.78 Å². The van der Waals surface area contributed by atoms with E-state index in [0.29, 0.717) is 31.6 Å². The summed E-state index contributed by atoms with van der Waals surface area (Å²) in [6.07, 6.45) is 0.632. The number of nitrogens with zero attached hydrogens (tertiary/aromatic N) is 1. The Labute approximate surface area is 127 Å². The number of rotatable bonds is 7. The molecule has 1 heterocycles. The second kappa shape index (κ2) is 7.64. The highest BCUT2D eigenvalue weighted by Crippen LogP contribution is 2.20. The van der Waals surface area contributed by atoms with E-state index in [1.54, 1.807) is 11.3 Å².